The first-order valence-electron chi connectivity index (χ1n) is 10.1. The lowest BCUT2D eigenvalue weighted by Gasteiger charge is -2.20. The van der Waals surface area contributed by atoms with Gasteiger partial charge in [0.25, 0.3) is 5.91 Å². The zero-order valence-corrected chi connectivity index (χ0v) is 17.0. The van der Waals surface area contributed by atoms with Crippen molar-refractivity contribution in [1.82, 2.24) is 5.32 Å². The predicted molar refractivity (Wildman–Crippen MR) is 110 cm³/mol. The van der Waals surface area contributed by atoms with Crippen molar-refractivity contribution >= 4 is 5.91 Å². The van der Waals surface area contributed by atoms with Crippen LogP contribution in [0.25, 0.3) is 0 Å². The third kappa shape index (κ3) is 4.91. The standard InChI is InChI=1S/C24H31NO2/c1-16(2)22-12-9-17(3)13-23(22)27-15-24(26)25-18(4)20-11-10-19-7-5-6-8-21(19)14-20/h9-14,16,18H,5-8,15H2,1-4H3,(H,25,26)/t18-/m1/s1. The Hall–Kier alpha value is -2.29. The summed E-state index contributed by atoms with van der Waals surface area (Å²) in [7, 11) is 0. The number of hydrogen-bond acceptors (Lipinski definition) is 2. The average molecular weight is 366 g/mol. The monoisotopic (exact) mass is 365 g/mol. The molecule has 0 unspecified atom stereocenters. The van der Waals surface area contributed by atoms with Gasteiger partial charge < -0.3 is 10.1 Å². The third-order valence-electron chi connectivity index (χ3n) is 5.40. The smallest absolute Gasteiger partial charge is 0.258 e. The number of nitrogens with one attached hydrogen (secondary N) is 1. The number of aryl methyl sites for hydroxylation is 3. The van der Waals surface area contributed by atoms with Crippen molar-refractivity contribution in [2.75, 3.05) is 6.61 Å². The van der Waals surface area contributed by atoms with Crippen molar-refractivity contribution in [2.45, 2.75) is 65.3 Å². The lowest BCUT2D eigenvalue weighted by molar-refractivity contribution is -0.123. The summed E-state index contributed by atoms with van der Waals surface area (Å²) in [5.41, 5.74) is 6.35. The summed E-state index contributed by atoms with van der Waals surface area (Å²) in [6.07, 6.45) is 4.88. The molecule has 1 N–H and O–H groups in total. The summed E-state index contributed by atoms with van der Waals surface area (Å²) < 4.78 is 5.86. The highest BCUT2D eigenvalue weighted by Gasteiger charge is 2.15. The molecule has 3 rings (SSSR count). The number of ether oxygens (including phenoxy) is 1. The Morgan fingerprint density at radius 2 is 1.78 bits per heavy atom. The maximum atomic E-state index is 12.4. The molecule has 0 fully saturated rings. The van der Waals surface area contributed by atoms with Gasteiger partial charge in [0.2, 0.25) is 0 Å². The van der Waals surface area contributed by atoms with Crippen molar-refractivity contribution in [1.29, 1.82) is 0 Å². The topological polar surface area (TPSA) is 38.3 Å². The molecule has 1 amide bonds. The van der Waals surface area contributed by atoms with Crippen LogP contribution in [0.1, 0.15) is 73.4 Å². The second kappa shape index (κ2) is 8.60. The summed E-state index contributed by atoms with van der Waals surface area (Å²) in [5, 5.41) is 3.07. The van der Waals surface area contributed by atoms with Crippen LogP contribution in [0.3, 0.4) is 0 Å². The molecule has 0 saturated heterocycles. The number of fused-ring (bicyclic) bond motifs is 1. The molecule has 0 heterocycles. The van der Waals surface area contributed by atoms with Gasteiger partial charge in [0.1, 0.15) is 5.75 Å². The molecule has 1 aliphatic carbocycles. The van der Waals surface area contributed by atoms with Crippen LogP contribution in [0.15, 0.2) is 36.4 Å². The molecule has 144 valence electrons. The Balaban J connectivity index is 1.60. The minimum absolute atomic E-state index is 0.0181. The maximum Gasteiger partial charge on any atom is 0.258 e. The molecule has 27 heavy (non-hydrogen) atoms. The summed E-state index contributed by atoms with van der Waals surface area (Å²) in [5.74, 6) is 1.08. The van der Waals surface area contributed by atoms with Gasteiger partial charge in [-0.1, -0.05) is 44.2 Å². The number of carbonyl (C=O) groups excluding carboxylic acids is 1. The Bertz CT molecular complexity index is 810. The molecule has 3 heteroatoms. The number of benzene rings is 2. The van der Waals surface area contributed by atoms with Crippen molar-refractivity contribution < 1.29 is 9.53 Å². The van der Waals surface area contributed by atoms with Crippen LogP contribution in [0.5, 0.6) is 5.75 Å². The van der Waals surface area contributed by atoms with E-state index in [4.69, 9.17) is 4.74 Å². The van der Waals surface area contributed by atoms with Gasteiger partial charge in [-0.3, -0.25) is 4.79 Å². The quantitative estimate of drug-likeness (QED) is 0.759. The second-order valence-electron chi connectivity index (χ2n) is 8.01. The predicted octanol–water partition coefficient (Wildman–Crippen LogP) is 5.25. The summed E-state index contributed by atoms with van der Waals surface area (Å²) in [4.78, 5) is 12.4. The summed E-state index contributed by atoms with van der Waals surface area (Å²) >= 11 is 0. The van der Waals surface area contributed by atoms with Crippen molar-refractivity contribution in [2.24, 2.45) is 0 Å². The minimum Gasteiger partial charge on any atom is -0.483 e. The van der Waals surface area contributed by atoms with E-state index in [0.717, 1.165) is 23.3 Å². The van der Waals surface area contributed by atoms with Gasteiger partial charge in [-0.2, -0.15) is 0 Å². The molecule has 0 spiro atoms. The number of rotatable bonds is 6. The molecule has 3 nitrogen and oxygen atoms in total. The molecule has 1 atom stereocenters. The van der Waals surface area contributed by atoms with Crippen LogP contribution in [-0.2, 0) is 17.6 Å². The highest BCUT2D eigenvalue weighted by atomic mass is 16.5. The van der Waals surface area contributed by atoms with E-state index in [1.54, 1.807) is 0 Å². The van der Waals surface area contributed by atoms with Crippen LogP contribution < -0.4 is 10.1 Å². The van der Waals surface area contributed by atoms with Crippen LogP contribution in [-0.4, -0.2) is 12.5 Å². The minimum atomic E-state index is -0.0866. The first-order valence-corrected chi connectivity index (χ1v) is 10.1. The van der Waals surface area contributed by atoms with Crippen LogP contribution in [0.2, 0.25) is 0 Å². The van der Waals surface area contributed by atoms with Gasteiger partial charge in [0, 0.05) is 0 Å². The van der Waals surface area contributed by atoms with Gasteiger partial charge in [-0.15, -0.1) is 0 Å². The van der Waals surface area contributed by atoms with Crippen LogP contribution in [0.4, 0.5) is 0 Å². The van der Waals surface area contributed by atoms with E-state index in [1.807, 2.05) is 19.9 Å². The van der Waals surface area contributed by atoms with E-state index in [1.165, 1.54) is 36.0 Å². The Labute approximate surface area is 163 Å². The average Bonchev–Trinajstić information content (AvgIpc) is 2.65. The van der Waals surface area contributed by atoms with E-state index < -0.39 is 0 Å². The largest absolute Gasteiger partial charge is 0.483 e. The van der Waals surface area contributed by atoms with E-state index >= 15 is 0 Å². The fraction of sp³-hybridized carbons (Fsp3) is 0.458. The van der Waals surface area contributed by atoms with Gasteiger partial charge in [-0.25, -0.2) is 0 Å². The summed E-state index contributed by atoms with van der Waals surface area (Å²) in [6, 6.07) is 12.8. The molecule has 0 aliphatic heterocycles. The van der Waals surface area contributed by atoms with Crippen molar-refractivity contribution in [3.05, 3.63) is 64.2 Å². The maximum absolute atomic E-state index is 12.4. The first-order chi connectivity index (χ1) is 12.9. The van der Waals surface area contributed by atoms with Gasteiger partial charge in [0.15, 0.2) is 6.61 Å². The van der Waals surface area contributed by atoms with Crippen LogP contribution >= 0.6 is 0 Å². The molecule has 2 aromatic carbocycles. The van der Waals surface area contributed by atoms with Crippen LogP contribution in [0, 0.1) is 6.92 Å². The Kier molecular flexibility index (Phi) is 6.20. The summed E-state index contributed by atoms with van der Waals surface area (Å²) in [6.45, 7) is 8.38. The Morgan fingerprint density at radius 3 is 2.52 bits per heavy atom. The molecule has 2 aromatic rings. The fourth-order valence-corrected chi connectivity index (χ4v) is 3.78. The lowest BCUT2D eigenvalue weighted by atomic mass is 9.89. The zero-order chi connectivity index (χ0) is 19.4. The second-order valence-corrected chi connectivity index (χ2v) is 8.01. The number of carbonyl (C=O) groups is 1. The molecule has 0 radical (unpaired) electrons. The van der Waals surface area contributed by atoms with E-state index in [9.17, 15) is 4.79 Å². The number of hydrogen-bond donors (Lipinski definition) is 1. The third-order valence-corrected chi connectivity index (χ3v) is 5.40. The normalized spacial score (nSPS) is 14.6. The van der Waals surface area contributed by atoms with Gasteiger partial charge in [-0.05, 0) is 79.3 Å². The molecule has 0 aromatic heterocycles. The molecule has 0 bridgehead atoms. The highest BCUT2D eigenvalue weighted by molar-refractivity contribution is 5.78. The highest BCUT2D eigenvalue weighted by Crippen LogP contribution is 2.28. The lowest BCUT2D eigenvalue weighted by Crippen LogP contribution is -2.31. The molecule has 1 aliphatic rings. The molecule has 0 saturated carbocycles. The Morgan fingerprint density at radius 1 is 1.04 bits per heavy atom. The van der Waals surface area contributed by atoms with Gasteiger partial charge >= 0.3 is 0 Å². The van der Waals surface area contributed by atoms with Crippen molar-refractivity contribution in [3.63, 3.8) is 0 Å². The molecular weight excluding hydrogens is 334 g/mol. The molecular formula is C24H31NO2. The van der Waals surface area contributed by atoms with Crippen molar-refractivity contribution in [3.8, 4) is 5.75 Å². The van der Waals surface area contributed by atoms with E-state index in [-0.39, 0.29) is 18.6 Å². The SMILES string of the molecule is Cc1ccc(C(C)C)c(OCC(=O)N[C@H](C)c2ccc3c(c2)CCCC3)c1. The van der Waals surface area contributed by atoms with E-state index in [0.29, 0.717) is 5.92 Å². The van der Waals surface area contributed by atoms with E-state index in [2.05, 4.69) is 49.5 Å². The zero-order valence-electron chi connectivity index (χ0n) is 17.0. The fourth-order valence-electron chi connectivity index (χ4n) is 3.78. The number of amides is 1. The first kappa shape index (κ1) is 19.5. The van der Waals surface area contributed by atoms with Gasteiger partial charge in [0.05, 0.1) is 6.04 Å².